The molecule has 1 aliphatic rings. The molecular weight excluding hydrogens is 196 g/mol. The van der Waals surface area contributed by atoms with E-state index in [0.717, 1.165) is 18.1 Å². The van der Waals surface area contributed by atoms with Gasteiger partial charge in [-0.3, -0.25) is 0 Å². The van der Waals surface area contributed by atoms with Crippen LogP contribution in [0.2, 0.25) is 0 Å². The lowest BCUT2D eigenvalue weighted by Crippen LogP contribution is -2.08. The number of ether oxygens (including phenoxy) is 1. The predicted molar refractivity (Wildman–Crippen MR) is 70.2 cm³/mol. The fourth-order valence-corrected chi connectivity index (χ4v) is 2.35. The van der Waals surface area contributed by atoms with Crippen LogP contribution in [0.3, 0.4) is 0 Å². The Kier molecular flexibility index (Phi) is 5.99. The molecule has 1 aliphatic carbocycles. The van der Waals surface area contributed by atoms with Gasteiger partial charge in [-0.1, -0.05) is 57.4 Å². The molecule has 0 bridgehead atoms. The van der Waals surface area contributed by atoms with Gasteiger partial charge < -0.3 is 4.74 Å². The Labute approximate surface area is 99.9 Å². The maximum Gasteiger partial charge on any atom is 0.106 e. The Morgan fingerprint density at radius 2 is 1.94 bits per heavy atom. The number of hydrogen-bond donors (Lipinski definition) is 0. The van der Waals surface area contributed by atoms with E-state index in [2.05, 4.69) is 13.2 Å². The van der Waals surface area contributed by atoms with E-state index in [9.17, 15) is 0 Å². The average Bonchev–Trinajstić information content (AvgIpc) is 2.34. The van der Waals surface area contributed by atoms with Crippen molar-refractivity contribution in [1.29, 1.82) is 0 Å². The molecule has 0 amide bonds. The smallest absolute Gasteiger partial charge is 0.106 e. The van der Waals surface area contributed by atoms with Crippen LogP contribution in [0.25, 0.3) is 0 Å². The summed E-state index contributed by atoms with van der Waals surface area (Å²) in [4.78, 5) is 0. The first-order valence-corrected chi connectivity index (χ1v) is 6.33. The topological polar surface area (TPSA) is 9.23 Å². The molecule has 0 radical (unpaired) electrons. The SMILES string of the molecule is C=CCO/C(C)=C(\C=C)CC1CCCCC1. The van der Waals surface area contributed by atoms with Gasteiger partial charge in [-0.25, -0.2) is 0 Å². The van der Waals surface area contributed by atoms with Gasteiger partial charge in [0.05, 0.1) is 5.76 Å². The van der Waals surface area contributed by atoms with Gasteiger partial charge in [-0.15, -0.1) is 0 Å². The highest BCUT2D eigenvalue weighted by molar-refractivity contribution is 5.20. The predicted octanol–water partition coefficient (Wildman–Crippen LogP) is 4.62. The molecule has 16 heavy (non-hydrogen) atoms. The Bertz CT molecular complexity index is 257. The van der Waals surface area contributed by atoms with Crippen LogP contribution in [-0.4, -0.2) is 6.61 Å². The maximum atomic E-state index is 5.58. The summed E-state index contributed by atoms with van der Waals surface area (Å²) in [5, 5.41) is 0. The molecule has 1 rings (SSSR count). The summed E-state index contributed by atoms with van der Waals surface area (Å²) >= 11 is 0. The highest BCUT2D eigenvalue weighted by atomic mass is 16.5. The summed E-state index contributed by atoms with van der Waals surface area (Å²) in [6.07, 6.45) is 11.8. The van der Waals surface area contributed by atoms with Crippen molar-refractivity contribution >= 4 is 0 Å². The summed E-state index contributed by atoms with van der Waals surface area (Å²) in [5.41, 5.74) is 1.27. The molecule has 0 aromatic rings. The van der Waals surface area contributed by atoms with Crippen LogP contribution in [0.4, 0.5) is 0 Å². The normalized spacial score (nSPS) is 18.8. The molecule has 0 spiro atoms. The van der Waals surface area contributed by atoms with Crippen molar-refractivity contribution in [2.24, 2.45) is 5.92 Å². The third-order valence-electron chi connectivity index (χ3n) is 3.35. The van der Waals surface area contributed by atoms with E-state index in [1.54, 1.807) is 6.08 Å². The fraction of sp³-hybridized carbons (Fsp3) is 0.600. The zero-order valence-corrected chi connectivity index (χ0v) is 10.5. The molecule has 1 fully saturated rings. The van der Waals surface area contributed by atoms with Crippen molar-refractivity contribution in [2.45, 2.75) is 45.4 Å². The van der Waals surface area contributed by atoms with Crippen molar-refractivity contribution in [1.82, 2.24) is 0 Å². The quantitative estimate of drug-likeness (QED) is 0.360. The first kappa shape index (κ1) is 13.1. The second-order valence-corrected chi connectivity index (χ2v) is 4.59. The lowest BCUT2D eigenvalue weighted by molar-refractivity contribution is 0.243. The molecule has 1 nitrogen and oxygen atoms in total. The van der Waals surface area contributed by atoms with E-state index in [1.165, 1.54) is 37.7 Å². The Morgan fingerprint density at radius 1 is 1.25 bits per heavy atom. The Balaban J connectivity index is 2.51. The first-order chi connectivity index (χ1) is 7.77. The largest absolute Gasteiger partial charge is 0.494 e. The zero-order valence-electron chi connectivity index (χ0n) is 10.5. The number of rotatable bonds is 6. The van der Waals surface area contributed by atoms with Gasteiger partial charge in [-0.05, 0) is 24.8 Å². The van der Waals surface area contributed by atoms with Crippen molar-refractivity contribution in [3.8, 4) is 0 Å². The molecule has 0 N–H and O–H groups in total. The van der Waals surface area contributed by atoms with Crippen molar-refractivity contribution < 1.29 is 4.74 Å². The van der Waals surface area contributed by atoms with Crippen molar-refractivity contribution in [2.75, 3.05) is 6.61 Å². The molecular formula is C15H24O. The van der Waals surface area contributed by atoms with E-state index < -0.39 is 0 Å². The molecule has 0 aromatic carbocycles. The number of allylic oxidation sites excluding steroid dienone is 3. The Hall–Kier alpha value is -0.980. The van der Waals surface area contributed by atoms with Crippen LogP contribution in [-0.2, 0) is 4.74 Å². The van der Waals surface area contributed by atoms with E-state index in [-0.39, 0.29) is 0 Å². The van der Waals surface area contributed by atoms with Crippen LogP contribution in [0, 0.1) is 5.92 Å². The minimum absolute atomic E-state index is 0.591. The zero-order chi connectivity index (χ0) is 11.8. The van der Waals surface area contributed by atoms with Gasteiger partial charge in [0.25, 0.3) is 0 Å². The van der Waals surface area contributed by atoms with Crippen LogP contribution >= 0.6 is 0 Å². The summed E-state index contributed by atoms with van der Waals surface area (Å²) in [7, 11) is 0. The van der Waals surface area contributed by atoms with E-state index in [1.807, 2.05) is 13.0 Å². The van der Waals surface area contributed by atoms with E-state index in [0.29, 0.717) is 6.61 Å². The molecule has 0 atom stereocenters. The third-order valence-corrected chi connectivity index (χ3v) is 3.35. The molecule has 0 aliphatic heterocycles. The molecule has 0 aromatic heterocycles. The second-order valence-electron chi connectivity index (χ2n) is 4.59. The lowest BCUT2D eigenvalue weighted by atomic mass is 9.84. The number of hydrogen-bond acceptors (Lipinski definition) is 1. The van der Waals surface area contributed by atoms with Gasteiger partial charge in [0.15, 0.2) is 0 Å². The van der Waals surface area contributed by atoms with Crippen LogP contribution in [0.1, 0.15) is 45.4 Å². The summed E-state index contributed by atoms with van der Waals surface area (Å²) in [6, 6.07) is 0. The molecule has 1 saturated carbocycles. The van der Waals surface area contributed by atoms with Crippen molar-refractivity contribution in [3.63, 3.8) is 0 Å². The van der Waals surface area contributed by atoms with Gasteiger partial charge in [0, 0.05) is 0 Å². The second kappa shape index (κ2) is 7.32. The highest BCUT2D eigenvalue weighted by Crippen LogP contribution is 2.30. The average molecular weight is 220 g/mol. The monoisotopic (exact) mass is 220 g/mol. The molecule has 0 heterocycles. The van der Waals surface area contributed by atoms with E-state index >= 15 is 0 Å². The summed E-state index contributed by atoms with van der Waals surface area (Å²) in [6.45, 7) is 10.2. The minimum Gasteiger partial charge on any atom is -0.494 e. The van der Waals surface area contributed by atoms with Gasteiger partial charge in [0.1, 0.15) is 6.61 Å². The van der Waals surface area contributed by atoms with Crippen molar-refractivity contribution in [3.05, 3.63) is 36.6 Å². The molecule has 90 valence electrons. The van der Waals surface area contributed by atoms with Crippen LogP contribution in [0.5, 0.6) is 0 Å². The van der Waals surface area contributed by atoms with Gasteiger partial charge in [0.2, 0.25) is 0 Å². The lowest BCUT2D eigenvalue weighted by Gasteiger charge is -2.22. The fourth-order valence-electron chi connectivity index (χ4n) is 2.35. The van der Waals surface area contributed by atoms with E-state index in [4.69, 9.17) is 4.74 Å². The molecule has 1 heteroatoms. The minimum atomic E-state index is 0.591. The third kappa shape index (κ3) is 4.26. The molecule has 0 unspecified atom stereocenters. The first-order valence-electron chi connectivity index (χ1n) is 6.33. The van der Waals surface area contributed by atoms with Gasteiger partial charge >= 0.3 is 0 Å². The summed E-state index contributed by atoms with van der Waals surface area (Å²) < 4.78 is 5.58. The molecule has 0 saturated heterocycles. The van der Waals surface area contributed by atoms with Crippen LogP contribution in [0.15, 0.2) is 36.6 Å². The maximum absolute atomic E-state index is 5.58. The van der Waals surface area contributed by atoms with Crippen LogP contribution < -0.4 is 0 Å². The van der Waals surface area contributed by atoms with Gasteiger partial charge in [-0.2, -0.15) is 0 Å². The Morgan fingerprint density at radius 3 is 2.50 bits per heavy atom. The summed E-state index contributed by atoms with van der Waals surface area (Å²) in [5.74, 6) is 1.85. The standard InChI is InChI=1S/C15H24O/c1-4-11-16-13(3)15(5-2)12-14-9-7-6-8-10-14/h4-5,14H,1-2,6-12H2,3H3/b15-13+. The highest BCUT2D eigenvalue weighted by Gasteiger charge is 2.15.